The highest BCUT2D eigenvalue weighted by molar-refractivity contribution is 5.85. The first-order valence-corrected chi connectivity index (χ1v) is 11.9. The summed E-state index contributed by atoms with van der Waals surface area (Å²) in [5.74, 6) is 1.29. The van der Waals surface area contributed by atoms with Gasteiger partial charge in [-0.05, 0) is 47.9 Å². The fourth-order valence-corrected chi connectivity index (χ4v) is 4.89. The van der Waals surface area contributed by atoms with E-state index in [1.807, 2.05) is 0 Å². The van der Waals surface area contributed by atoms with Crippen LogP contribution in [0, 0.1) is 0 Å². The summed E-state index contributed by atoms with van der Waals surface area (Å²) >= 11 is 0. The monoisotopic (exact) mass is 473 g/mol. The lowest BCUT2D eigenvalue weighted by Gasteiger charge is -2.34. The molecule has 5 rings (SSSR count). The van der Waals surface area contributed by atoms with Gasteiger partial charge in [-0.15, -0.1) is 12.4 Å². The quantitative estimate of drug-likeness (QED) is 0.313. The van der Waals surface area contributed by atoms with Crippen molar-refractivity contribution in [2.45, 2.75) is 32.0 Å². The summed E-state index contributed by atoms with van der Waals surface area (Å²) in [5, 5.41) is 6.05. The summed E-state index contributed by atoms with van der Waals surface area (Å²) in [6.45, 7) is 5.14. The maximum atomic E-state index is 6.55. The van der Waals surface area contributed by atoms with Gasteiger partial charge in [0.05, 0.1) is 19.3 Å². The first-order chi connectivity index (χ1) is 16.3. The molecule has 0 saturated carbocycles. The van der Waals surface area contributed by atoms with E-state index in [2.05, 4.69) is 103 Å². The number of halogens is 1. The van der Waals surface area contributed by atoms with E-state index in [9.17, 15) is 0 Å². The molecule has 0 bridgehead atoms. The Hall–Kier alpha value is -2.85. The van der Waals surface area contributed by atoms with Gasteiger partial charge in [0.1, 0.15) is 5.75 Å². The summed E-state index contributed by atoms with van der Waals surface area (Å²) in [6, 6.07) is 32.1. The van der Waals surface area contributed by atoms with Crippen LogP contribution >= 0.6 is 12.4 Å². The average Bonchev–Trinajstić information content (AvgIpc) is 2.88. The van der Waals surface area contributed by atoms with Crippen molar-refractivity contribution in [3.63, 3.8) is 0 Å². The summed E-state index contributed by atoms with van der Waals surface area (Å²) in [7, 11) is 0. The number of hydrogen-bond donors (Lipinski definition) is 1. The van der Waals surface area contributed by atoms with Gasteiger partial charge in [0.15, 0.2) is 0 Å². The number of benzene rings is 4. The van der Waals surface area contributed by atoms with Crippen molar-refractivity contribution in [2.75, 3.05) is 19.7 Å². The van der Waals surface area contributed by atoms with Gasteiger partial charge in [0.2, 0.25) is 0 Å². The molecule has 1 N–H and O–H groups in total. The van der Waals surface area contributed by atoms with Crippen LogP contribution in [0.2, 0.25) is 0 Å². The van der Waals surface area contributed by atoms with E-state index in [-0.39, 0.29) is 24.4 Å². The average molecular weight is 474 g/mol. The van der Waals surface area contributed by atoms with Crippen LogP contribution in [0.3, 0.4) is 0 Å². The number of hydrogen-bond acceptors (Lipinski definition) is 3. The smallest absolute Gasteiger partial charge is 0.130 e. The van der Waals surface area contributed by atoms with Gasteiger partial charge in [-0.1, -0.05) is 84.9 Å². The van der Waals surface area contributed by atoms with Crippen LogP contribution in [0.5, 0.6) is 5.75 Å². The van der Waals surface area contributed by atoms with Gasteiger partial charge in [-0.3, -0.25) is 0 Å². The predicted octanol–water partition coefficient (Wildman–Crippen LogP) is 6.99. The Morgan fingerprint density at radius 2 is 1.65 bits per heavy atom. The Bertz CT molecular complexity index is 1210. The molecule has 4 aromatic carbocycles. The summed E-state index contributed by atoms with van der Waals surface area (Å²) in [5.41, 5.74) is 4.80. The van der Waals surface area contributed by atoms with Crippen LogP contribution in [0.15, 0.2) is 91.0 Å². The van der Waals surface area contributed by atoms with E-state index < -0.39 is 0 Å². The van der Waals surface area contributed by atoms with E-state index in [1.54, 1.807) is 0 Å². The van der Waals surface area contributed by atoms with E-state index in [0.717, 1.165) is 30.8 Å². The van der Waals surface area contributed by atoms with Gasteiger partial charge in [0, 0.05) is 23.6 Å². The zero-order valence-electron chi connectivity index (χ0n) is 19.6. The molecule has 34 heavy (non-hydrogen) atoms. The van der Waals surface area contributed by atoms with Gasteiger partial charge >= 0.3 is 0 Å². The molecule has 1 fully saturated rings. The molecule has 1 aliphatic rings. The second kappa shape index (κ2) is 11.5. The fraction of sp³-hybridized carbons (Fsp3) is 0.267. The number of ether oxygens (including phenoxy) is 2. The fourth-order valence-electron chi connectivity index (χ4n) is 4.89. The largest absolute Gasteiger partial charge is 0.493 e. The first-order valence-electron chi connectivity index (χ1n) is 11.9. The highest BCUT2D eigenvalue weighted by Crippen LogP contribution is 2.40. The topological polar surface area (TPSA) is 30.5 Å². The summed E-state index contributed by atoms with van der Waals surface area (Å²) < 4.78 is 12.8. The number of fused-ring (bicyclic) bond motifs is 1. The maximum absolute atomic E-state index is 6.55. The molecule has 0 radical (unpaired) electrons. The zero-order valence-corrected chi connectivity index (χ0v) is 20.4. The number of piperidine rings is 1. The van der Waals surface area contributed by atoms with Crippen LogP contribution in [0.1, 0.15) is 30.4 Å². The van der Waals surface area contributed by atoms with E-state index in [0.29, 0.717) is 13.2 Å². The third-order valence-corrected chi connectivity index (χ3v) is 6.52. The van der Waals surface area contributed by atoms with Crippen LogP contribution in [0.4, 0.5) is 0 Å². The molecular weight excluding hydrogens is 442 g/mol. The minimum Gasteiger partial charge on any atom is -0.493 e. The molecule has 0 spiro atoms. The van der Waals surface area contributed by atoms with Crippen molar-refractivity contribution >= 4 is 23.2 Å². The van der Waals surface area contributed by atoms with Gasteiger partial charge < -0.3 is 14.8 Å². The van der Waals surface area contributed by atoms with Gasteiger partial charge in [-0.25, -0.2) is 0 Å². The molecule has 1 aliphatic heterocycles. The molecule has 2 unspecified atom stereocenters. The molecular formula is C30H32ClNO2. The van der Waals surface area contributed by atoms with E-state index >= 15 is 0 Å². The SMILES string of the molecule is CCOc1c(-c2ccccc2)cccc1C1CCNCC1OCc1ccc2ccccc2c1.Cl. The second-order valence-electron chi connectivity index (χ2n) is 8.65. The molecule has 176 valence electrons. The van der Waals surface area contributed by atoms with Gasteiger partial charge in [0.25, 0.3) is 0 Å². The van der Waals surface area contributed by atoms with E-state index in [4.69, 9.17) is 9.47 Å². The summed E-state index contributed by atoms with van der Waals surface area (Å²) in [4.78, 5) is 0. The summed E-state index contributed by atoms with van der Waals surface area (Å²) in [6.07, 6.45) is 1.12. The van der Waals surface area contributed by atoms with Crippen LogP contribution < -0.4 is 10.1 Å². The third kappa shape index (κ3) is 5.28. The van der Waals surface area contributed by atoms with Crippen molar-refractivity contribution in [1.82, 2.24) is 5.32 Å². The molecule has 4 heteroatoms. The molecule has 4 aromatic rings. The maximum Gasteiger partial charge on any atom is 0.130 e. The second-order valence-corrected chi connectivity index (χ2v) is 8.65. The molecule has 1 saturated heterocycles. The lowest BCUT2D eigenvalue weighted by Crippen LogP contribution is -2.41. The van der Waals surface area contributed by atoms with Gasteiger partial charge in [-0.2, -0.15) is 0 Å². The first kappa shape index (κ1) is 24.3. The van der Waals surface area contributed by atoms with E-state index in [1.165, 1.54) is 27.5 Å². The minimum atomic E-state index is 0. The van der Waals surface area contributed by atoms with Crippen LogP contribution in [-0.2, 0) is 11.3 Å². The van der Waals surface area contributed by atoms with Crippen LogP contribution in [-0.4, -0.2) is 25.8 Å². The molecule has 2 atom stereocenters. The van der Waals surface area contributed by atoms with Crippen molar-refractivity contribution in [2.24, 2.45) is 0 Å². The van der Waals surface area contributed by atoms with Crippen molar-refractivity contribution in [3.8, 4) is 16.9 Å². The minimum absolute atomic E-state index is 0. The lowest BCUT2D eigenvalue weighted by molar-refractivity contribution is 0.0101. The van der Waals surface area contributed by atoms with Crippen LogP contribution in [0.25, 0.3) is 21.9 Å². The molecule has 1 heterocycles. The third-order valence-electron chi connectivity index (χ3n) is 6.52. The lowest BCUT2D eigenvalue weighted by atomic mass is 9.85. The predicted molar refractivity (Wildman–Crippen MR) is 143 cm³/mol. The number of para-hydroxylation sites is 1. The number of rotatable bonds is 7. The number of nitrogens with one attached hydrogen (secondary N) is 1. The van der Waals surface area contributed by atoms with Crippen molar-refractivity contribution in [3.05, 3.63) is 102 Å². The standard InChI is InChI=1S/C30H31NO2.ClH/c1-2-32-30-26(24-10-4-3-5-11-24)13-8-14-28(30)27-17-18-31-20-29(27)33-21-22-15-16-23-9-6-7-12-25(23)19-22;/h3-16,19,27,29,31H,2,17-18,20-21H2,1H3;1H. The highest BCUT2D eigenvalue weighted by atomic mass is 35.5. The molecule has 0 aromatic heterocycles. The Balaban J connectivity index is 0.00000274. The Morgan fingerprint density at radius 3 is 2.47 bits per heavy atom. The molecule has 3 nitrogen and oxygen atoms in total. The Morgan fingerprint density at radius 1 is 0.853 bits per heavy atom. The zero-order chi connectivity index (χ0) is 22.5. The van der Waals surface area contributed by atoms with Crippen molar-refractivity contribution < 1.29 is 9.47 Å². The Labute approximate surface area is 208 Å². The van der Waals surface area contributed by atoms with Crippen molar-refractivity contribution in [1.29, 1.82) is 0 Å². The molecule has 0 amide bonds. The molecule has 0 aliphatic carbocycles. The normalized spacial score (nSPS) is 17.8. The highest BCUT2D eigenvalue weighted by Gasteiger charge is 2.30. The Kier molecular flexibility index (Phi) is 8.23.